The summed E-state index contributed by atoms with van der Waals surface area (Å²) in [5.41, 5.74) is 0.236. The van der Waals surface area contributed by atoms with Gasteiger partial charge < -0.3 is 0 Å². The average molecular weight is 150 g/mol. The van der Waals surface area contributed by atoms with Crippen LogP contribution in [0.5, 0.6) is 0 Å². The fraction of sp³-hybridized carbons (Fsp3) is 0. The van der Waals surface area contributed by atoms with E-state index in [0.29, 0.717) is 6.41 Å². The first-order chi connectivity index (χ1) is 5.34. The average Bonchev–Trinajstić information content (AvgIpc) is 2.07. The van der Waals surface area contributed by atoms with Gasteiger partial charge in [0.15, 0.2) is 0 Å². The Balaban J connectivity index is 2.77. The maximum Gasteiger partial charge on any atom is 0.276 e. The van der Waals surface area contributed by atoms with Crippen molar-refractivity contribution in [2.45, 2.75) is 0 Å². The second kappa shape index (κ2) is 3.46. The highest BCUT2D eigenvalue weighted by atomic mass is 16.2. The van der Waals surface area contributed by atoms with Crippen molar-refractivity contribution in [3.8, 4) is 0 Å². The second-order valence-corrected chi connectivity index (χ2v) is 1.81. The van der Waals surface area contributed by atoms with Gasteiger partial charge in [0.25, 0.3) is 5.91 Å². The Kier molecular flexibility index (Phi) is 2.32. The molecule has 2 amide bonds. The first kappa shape index (κ1) is 7.40. The fourth-order valence-electron chi connectivity index (χ4n) is 0.625. The minimum Gasteiger partial charge on any atom is -0.294 e. The molecule has 0 unspecified atom stereocenters. The van der Waals surface area contributed by atoms with E-state index in [2.05, 4.69) is 4.98 Å². The Labute approximate surface area is 63.3 Å². The smallest absolute Gasteiger partial charge is 0.276 e. The van der Waals surface area contributed by atoms with E-state index in [-0.39, 0.29) is 5.69 Å². The Bertz CT molecular complexity index is 258. The van der Waals surface area contributed by atoms with Gasteiger partial charge in [-0.3, -0.25) is 19.9 Å². The van der Waals surface area contributed by atoms with Crippen LogP contribution in [-0.2, 0) is 4.79 Å². The molecule has 56 valence electrons. The molecule has 1 aromatic rings. The Morgan fingerprint density at radius 3 is 2.91 bits per heavy atom. The van der Waals surface area contributed by atoms with Gasteiger partial charge in [-0.2, -0.15) is 0 Å². The molecule has 0 saturated carbocycles. The van der Waals surface area contributed by atoms with Gasteiger partial charge in [0, 0.05) is 6.20 Å². The van der Waals surface area contributed by atoms with Crippen molar-refractivity contribution < 1.29 is 9.59 Å². The third-order valence-electron chi connectivity index (χ3n) is 1.09. The standard InChI is InChI=1S/C7H6N2O2/c10-5-9-7(11)6-3-1-2-4-8-6/h1-5H,(H,9,10,11). The van der Waals surface area contributed by atoms with E-state index in [4.69, 9.17) is 0 Å². The summed E-state index contributed by atoms with van der Waals surface area (Å²) in [6, 6.07) is 4.89. The summed E-state index contributed by atoms with van der Waals surface area (Å²) in [6.07, 6.45) is 1.82. The van der Waals surface area contributed by atoms with Crippen LogP contribution < -0.4 is 5.32 Å². The number of nitrogens with zero attached hydrogens (tertiary/aromatic N) is 1. The molecule has 0 bridgehead atoms. The van der Waals surface area contributed by atoms with Gasteiger partial charge in [0.1, 0.15) is 5.69 Å². The zero-order valence-electron chi connectivity index (χ0n) is 5.65. The SMILES string of the molecule is O=CNC(=O)c1ccccn1. The predicted octanol–water partition coefficient (Wildman–Crippen LogP) is -0.0322. The minimum atomic E-state index is -0.486. The number of aromatic nitrogens is 1. The summed E-state index contributed by atoms with van der Waals surface area (Å²) < 4.78 is 0. The lowest BCUT2D eigenvalue weighted by molar-refractivity contribution is -0.108. The van der Waals surface area contributed by atoms with Crippen LogP contribution >= 0.6 is 0 Å². The lowest BCUT2D eigenvalue weighted by atomic mass is 10.3. The highest BCUT2D eigenvalue weighted by Crippen LogP contribution is 1.90. The Morgan fingerprint density at radius 1 is 1.55 bits per heavy atom. The molecule has 0 aliphatic carbocycles. The zero-order chi connectivity index (χ0) is 8.10. The monoisotopic (exact) mass is 150 g/mol. The van der Waals surface area contributed by atoms with E-state index in [9.17, 15) is 9.59 Å². The summed E-state index contributed by atoms with van der Waals surface area (Å²) in [4.78, 5) is 24.4. The zero-order valence-corrected chi connectivity index (χ0v) is 5.65. The molecule has 1 N–H and O–H groups in total. The van der Waals surface area contributed by atoms with E-state index in [1.54, 1.807) is 12.1 Å². The molecule has 0 aromatic carbocycles. The van der Waals surface area contributed by atoms with Crippen LogP contribution in [0.2, 0.25) is 0 Å². The van der Waals surface area contributed by atoms with E-state index in [0.717, 1.165) is 0 Å². The van der Waals surface area contributed by atoms with Crippen molar-refractivity contribution in [1.29, 1.82) is 0 Å². The molecule has 0 spiro atoms. The van der Waals surface area contributed by atoms with Gasteiger partial charge in [-0.15, -0.1) is 0 Å². The van der Waals surface area contributed by atoms with Gasteiger partial charge in [-0.1, -0.05) is 6.07 Å². The molecule has 4 heteroatoms. The van der Waals surface area contributed by atoms with Crippen molar-refractivity contribution >= 4 is 12.3 Å². The van der Waals surface area contributed by atoms with E-state index < -0.39 is 5.91 Å². The third kappa shape index (κ3) is 1.86. The van der Waals surface area contributed by atoms with Gasteiger partial charge in [0.05, 0.1) is 0 Å². The number of rotatable bonds is 2. The molecule has 1 aromatic heterocycles. The van der Waals surface area contributed by atoms with Gasteiger partial charge in [0.2, 0.25) is 6.41 Å². The molecule has 0 radical (unpaired) electrons. The van der Waals surface area contributed by atoms with Crippen LogP contribution in [-0.4, -0.2) is 17.3 Å². The number of hydrogen-bond acceptors (Lipinski definition) is 3. The molecule has 1 rings (SSSR count). The number of nitrogens with one attached hydrogen (secondary N) is 1. The number of hydrogen-bond donors (Lipinski definition) is 1. The minimum absolute atomic E-state index is 0.236. The third-order valence-corrected chi connectivity index (χ3v) is 1.09. The van der Waals surface area contributed by atoms with Gasteiger partial charge in [-0.05, 0) is 12.1 Å². The fourth-order valence-corrected chi connectivity index (χ4v) is 0.625. The van der Waals surface area contributed by atoms with Crippen LogP contribution in [0.25, 0.3) is 0 Å². The molecule has 11 heavy (non-hydrogen) atoms. The van der Waals surface area contributed by atoms with Crippen molar-refractivity contribution in [3.63, 3.8) is 0 Å². The lowest BCUT2D eigenvalue weighted by Crippen LogP contribution is -2.21. The molecule has 0 saturated heterocycles. The maximum atomic E-state index is 10.8. The largest absolute Gasteiger partial charge is 0.294 e. The summed E-state index contributed by atoms with van der Waals surface area (Å²) >= 11 is 0. The topological polar surface area (TPSA) is 59.1 Å². The Morgan fingerprint density at radius 2 is 2.36 bits per heavy atom. The van der Waals surface area contributed by atoms with Crippen LogP contribution in [0, 0.1) is 0 Å². The van der Waals surface area contributed by atoms with Gasteiger partial charge >= 0.3 is 0 Å². The highest BCUT2D eigenvalue weighted by molar-refractivity contribution is 5.98. The molecule has 0 aliphatic heterocycles. The first-order valence-corrected chi connectivity index (χ1v) is 3.00. The number of carbonyl (C=O) groups excluding carboxylic acids is 2. The number of pyridine rings is 1. The molecule has 0 atom stereocenters. The first-order valence-electron chi connectivity index (χ1n) is 3.00. The number of carbonyl (C=O) groups is 2. The normalized spacial score (nSPS) is 8.73. The van der Waals surface area contributed by atoms with Crippen LogP contribution in [0.15, 0.2) is 24.4 Å². The Hall–Kier alpha value is -1.71. The van der Waals surface area contributed by atoms with E-state index >= 15 is 0 Å². The van der Waals surface area contributed by atoms with E-state index in [1.165, 1.54) is 12.3 Å². The molecule has 4 nitrogen and oxygen atoms in total. The summed E-state index contributed by atoms with van der Waals surface area (Å²) in [5.74, 6) is -0.486. The summed E-state index contributed by atoms with van der Waals surface area (Å²) in [5, 5.41) is 1.98. The molecule has 1 heterocycles. The van der Waals surface area contributed by atoms with Crippen LogP contribution in [0.1, 0.15) is 10.5 Å². The highest BCUT2D eigenvalue weighted by Gasteiger charge is 2.02. The van der Waals surface area contributed by atoms with Gasteiger partial charge in [-0.25, -0.2) is 0 Å². The molecule has 0 aliphatic rings. The van der Waals surface area contributed by atoms with E-state index in [1.807, 2.05) is 5.32 Å². The summed E-state index contributed by atoms with van der Waals surface area (Å²) in [6.45, 7) is 0. The molecular weight excluding hydrogens is 144 g/mol. The van der Waals surface area contributed by atoms with Crippen molar-refractivity contribution in [2.75, 3.05) is 0 Å². The molecule has 0 fully saturated rings. The number of amides is 2. The van der Waals surface area contributed by atoms with Crippen molar-refractivity contribution in [2.24, 2.45) is 0 Å². The molecular formula is C7H6N2O2. The maximum absolute atomic E-state index is 10.8. The quantitative estimate of drug-likeness (QED) is 0.602. The number of imide groups is 1. The lowest BCUT2D eigenvalue weighted by Gasteiger charge is -1.94. The van der Waals surface area contributed by atoms with Crippen molar-refractivity contribution in [3.05, 3.63) is 30.1 Å². The van der Waals surface area contributed by atoms with Crippen molar-refractivity contribution in [1.82, 2.24) is 10.3 Å². The summed E-state index contributed by atoms with van der Waals surface area (Å²) in [7, 11) is 0. The second-order valence-electron chi connectivity index (χ2n) is 1.81. The van der Waals surface area contributed by atoms with Crippen LogP contribution in [0.4, 0.5) is 0 Å². The predicted molar refractivity (Wildman–Crippen MR) is 37.8 cm³/mol. The van der Waals surface area contributed by atoms with Crippen LogP contribution in [0.3, 0.4) is 0 Å².